The van der Waals surface area contributed by atoms with Gasteiger partial charge in [-0.1, -0.05) is 0 Å². The van der Waals surface area contributed by atoms with Crippen LogP contribution >= 0.6 is 22.6 Å². The van der Waals surface area contributed by atoms with Crippen LogP contribution in [0.4, 0.5) is 0 Å². The van der Waals surface area contributed by atoms with E-state index in [9.17, 15) is 0 Å². The lowest BCUT2D eigenvalue weighted by Gasteiger charge is -2.05. The van der Waals surface area contributed by atoms with E-state index in [0.29, 0.717) is 5.88 Å². The lowest BCUT2D eigenvalue weighted by atomic mass is 10.2. The second-order valence-electron chi connectivity index (χ2n) is 4.28. The van der Waals surface area contributed by atoms with Crippen LogP contribution in [0.15, 0.2) is 36.7 Å². The van der Waals surface area contributed by atoms with Crippen LogP contribution in [-0.4, -0.2) is 21.9 Å². The fourth-order valence-corrected chi connectivity index (χ4v) is 2.47. The van der Waals surface area contributed by atoms with Crippen molar-refractivity contribution >= 4 is 33.5 Å². The number of ether oxygens (including phenoxy) is 1. The maximum absolute atomic E-state index is 5.07. The molecule has 0 N–H and O–H groups in total. The zero-order chi connectivity index (χ0) is 13.4. The Labute approximate surface area is 124 Å². The number of halogens is 1. The molecule has 96 valence electrons. The third-order valence-corrected chi connectivity index (χ3v) is 4.19. The maximum atomic E-state index is 5.07. The molecule has 0 bridgehead atoms. The fourth-order valence-electron chi connectivity index (χ4n) is 1.97. The summed E-state index contributed by atoms with van der Waals surface area (Å²) in [7, 11) is 1.61. The highest BCUT2D eigenvalue weighted by molar-refractivity contribution is 14.1. The number of methoxy groups -OCH3 is 1. The van der Waals surface area contributed by atoms with Crippen LogP contribution in [0.3, 0.4) is 0 Å². The van der Waals surface area contributed by atoms with E-state index in [1.165, 1.54) is 9.13 Å². The number of benzene rings is 1. The number of aryl methyl sites for hydroxylation is 1. The zero-order valence-corrected chi connectivity index (χ0v) is 12.7. The van der Waals surface area contributed by atoms with Gasteiger partial charge in [0.05, 0.1) is 30.7 Å². The van der Waals surface area contributed by atoms with Gasteiger partial charge in [0, 0.05) is 15.0 Å². The molecule has 0 amide bonds. The molecule has 3 aromatic rings. The van der Waals surface area contributed by atoms with Crippen molar-refractivity contribution < 1.29 is 4.74 Å². The molecule has 0 aliphatic rings. The van der Waals surface area contributed by atoms with Crippen LogP contribution in [0, 0.1) is 10.5 Å². The molecule has 19 heavy (non-hydrogen) atoms. The molecule has 0 aliphatic carbocycles. The lowest BCUT2D eigenvalue weighted by molar-refractivity contribution is 0.397. The first kappa shape index (κ1) is 12.4. The second kappa shape index (κ2) is 4.80. The topological polar surface area (TPSA) is 39.9 Å². The number of hydrogen-bond donors (Lipinski definition) is 0. The van der Waals surface area contributed by atoms with Gasteiger partial charge in [0.2, 0.25) is 5.88 Å². The van der Waals surface area contributed by atoms with Crippen LogP contribution in [0.5, 0.6) is 5.88 Å². The molecule has 2 aromatic heterocycles. The SMILES string of the molecule is COc1ccc(-n2ncc3cc(I)c(C)cc32)cn1. The number of aromatic nitrogens is 3. The highest BCUT2D eigenvalue weighted by atomic mass is 127. The Kier molecular flexibility index (Phi) is 3.14. The van der Waals surface area contributed by atoms with E-state index in [-0.39, 0.29) is 0 Å². The van der Waals surface area contributed by atoms with Crippen molar-refractivity contribution in [1.82, 2.24) is 14.8 Å². The minimum absolute atomic E-state index is 0.603. The maximum Gasteiger partial charge on any atom is 0.213 e. The van der Waals surface area contributed by atoms with Gasteiger partial charge in [0.25, 0.3) is 0 Å². The van der Waals surface area contributed by atoms with Crippen LogP contribution < -0.4 is 4.74 Å². The molecule has 2 heterocycles. The number of rotatable bonds is 2. The summed E-state index contributed by atoms with van der Waals surface area (Å²) in [6, 6.07) is 8.08. The van der Waals surface area contributed by atoms with Gasteiger partial charge in [-0.15, -0.1) is 0 Å². The van der Waals surface area contributed by atoms with Crippen LogP contribution in [0.1, 0.15) is 5.56 Å². The van der Waals surface area contributed by atoms with Gasteiger partial charge in [0.15, 0.2) is 0 Å². The van der Waals surface area contributed by atoms with Crippen LogP contribution in [-0.2, 0) is 0 Å². The van der Waals surface area contributed by atoms with Crippen molar-refractivity contribution in [3.05, 3.63) is 45.8 Å². The molecule has 4 nitrogen and oxygen atoms in total. The Morgan fingerprint density at radius 3 is 2.74 bits per heavy atom. The summed E-state index contributed by atoms with van der Waals surface area (Å²) >= 11 is 2.34. The standard InChI is InChI=1S/C14H12IN3O/c1-9-5-13-10(6-12(9)15)7-17-18(13)11-3-4-14(19-2)16-8-11/h3-8H,1-2H3. The number of fused-ring (bicyclic) bond motifs is 1. The second-order valence-corrected chi connectivity index (χ2v) is 5.44. The largest absolute Gasteiger partial charge is 0.481 e. The minimum Gasteiger partial charge on any atom is -0.481 e. The van der Waals surface area contributed by atoms with Crippen molar-refractivity contribution in [3.8, 4) is 11.6 Å². The summed E-state index contributed by atoms with van der Waals surface area (Å²) in [5.41, 5.74) is 3.26. The van der Waals surface area contributed by atoms with Gasteiger partial charge in [-0.3, -0.25) is 0 Å². The summed E-state index contributed by atoms with van der Waals surface area (Å²) in [5.74, 6) is 0.603. The highest BCUT2D eigenvalue weighted by Crippen LogP contribution is 2.23. The van der Waals surface area contributed by atoms with Crippen molar-refractivity contribution in [2.24, 2.45) is 0 Å². The third kappa shape index (κ3) is 2.18. The predicted molar refractivity (Wildman–Crippen MR) is 82.9 cm³/mol. The smallest absolute Gasteiger partial charge is 0.213 e. The molecule has 3 rings (SSSR count). The van der Waals surface area contributed by atoms with Gasteiger partial charge in [-0.05, 0) is 53.3 Å². The third-order valence-electron chi connectivity index (χ3n) is 3.02. The Balaban J connectivity index is 2.16. The normalized spacial score (nSPS) is 10.9. The first-order chi connectivity index (χ1) is 9.19. The molecule has 0 unspecified atom stereocenters. The van der Waals surface area contributed by atoms with Crippen molar-refractivity contribution in [3.63, 3.8) is 0 Å². The van der Waals surface area contributed by atoms with E-state index < -0.39 is 0 Å². The summed E-state index contributed by atoms with van der Waals surface area (Å²) in [5, 5.41) is 5.57. The average molecular weight is 365 g/mol. The zero-order valence-electron chi connectivity index (χ0n) is 10.6. The summed E-state index contributed by atoms with van der Waals surface area (Å²) in [4.78, 5) is 4.22. The quantitative estimate of drug-likeness (QED) is 0.654. The first-order valence-corrected chi connectivity index (χ1v) is 6.91. The molecule has 0 aliphatic heterocycles. The average Bonchev–Trinajstić information content (AvgIpc) is 2.82. The first-order valence-electron chi connectivity index (χ1n) is 5.83. The Hall–Kier alpha value is -1.63. The molecule has 0 radical (unpaired) electrons. The van der Waals surface area contributed by atoms with E-state index in [2.05, 4.69) is 51.7 Å². The summed E-state index contributed by atoms with van der Waals surface area (Å²) < 4.78 is 8.21. The van der Waals surface area contributed by atoms with E-state index in [0.717, 1.165) is 16.6 Å². The number of nitrogens with zero attached hydrogens (tertiary/aromatic N) is 3. The Morgan fingerprint density at radius 2 is 2.05 bits per heavy atom. The number of hydrogen-bond acceptors (Lipinski definition) is 3. The number of pyridine rings is 1. The molecule has 5 heteroatoms. The fraction of sp³-hybridized carbons (Fsp3) is 0.143. The van der Waals surface area contributed by atoms with Crippen molar-refractivity contribution in [2.75, 3.05) is 7.11 Å². The monoisotopic (exact) mass is 365 g/mol. The lowest BCUT2D eigenvalue weighted by Crippen LogP contribution is -1.98. The molecule has 0 saturated heterocycles. The van der Waals surface area contributed by atoms with Crippen molar-refractivity contribution in [2.45, 2.75) is 6.92 Å². The minimum atomic E-state index is 0.603. The van der Waals surface area contributed by atoms with E-state index >= 15 is 0 Å². The summed E-state index contributed by atoms with van der Waals surface area (Å²) in [6.45, 7) is 2.10. The summed E-state index contributed by atoms with van der Waals surface area (Å²) in [6.07, 6.45) is 3.64. The van der Waals surface area contributed by atoms with Gasteiger partial charge in [0.1, 0.15) is 0 Å². The van der Waals surface area contributed by atoms with Crippen molar-refractivity contribution in [1.29, 1.82) is 0 Å². The Bertz CT molecular complexity index is 734. The highest BCUT2D eigenvalue weighted by Gasteiger charge is 2.07. The molecule has 0 saturated carbocycles. The molecule has 0 atom stereocenters. The predicted octanol–water partition coefficient (Wildman–Crippen LogP) is 3.34. The molecular formula is C14H12IN3O. The van der Waals surface area contributed by atoms with Gasteiger partial charge < -0.3 is 4.74 Å². The molecular weight excluding hydrogens is 353 g/mol. The van der Waals surface area contributed by atoms with Gasteiger partial charge >= 0.3 is 0 Å². The Morgan fingerprint density at radius 1 is 1.21 bits per heavy atom. The van der Waals surface area contributed by atoms with E-state index in [4.69, 9.17) is 4.74 Å². The van der Waals surface area contributed by atoms with Crippen LogP contribution in [0.25, 0.3) is 16.6 Å². The molecule has 1 aromatic carbocycles. The molecule has 0 fully saturated rings. The van der Waals surface area contributed by atoms with E-state index in [1.54, 1.807) is 13.3 Å². The van der Waals surface area contributed by atoms with Gasteiger partial charge in [-0.2, -0.15) is 5.10 Å². The van der Waals surface area contributed by atoms with Gasteiger partial charge in [-0.25, -0.2) is 9.67 Å². The molecule has 0 spiro atoms. The van der Waals surface area contributed by atoms with E-state index in [1.807, 2.05) is 23.0 Å². The van der Waals surface area contributed by atoms with Crippen LogP contribution in [0.2, 0.25) is 0 Å².